The molecule has 0 N–H and O–H groups in total. The van der Waals surface area contributed by atoms with Crippen molar-refractivity contribution in [3.8, 4) is 0 Å². The Morgan fingerprint density at radius 2 is 1.76 bits per heavy atom. The molecule has 2 aromatic carbocycles. The molecule has 1 aromatic heterocycles. The molecular weight excluding hydrogens is 438 g/mol. The van der Waals surface area contributed by atoms with Gasteiger partial charge in [0, 0.05) is 30.7 Å². The van der Waals surface area contributed by atoms with Gasteiger partial charge in [-0.25, -0.2) is 13.2 Å². The van der Waals surface area contributed by atoms with Crippen LogP contribution in [0.3, 0.4) is 0 Å². The lowest BCUT2D eigenvalue weighted by Crippen LogP contribution is -2.50. The highest BCUT2D eigenvalue weighted by molar-refractivity contribution is 7.91. The lowest BCUT2D eigenvalue weighted by molar-refractivity contribution is 0.0215. The molecule has 0 aliphatic carbocycles. The molecule has 0 unspecified atom stereocenters. The first kappa shape index (κ1) is 21.7. The van der Waals surface area contributed by atoms with E-state index in [1.165, 1.54) is 6.20 Å². The third-order valence-electron chi connectivity index (χ3n) is 6.21. The topological polar surface area (TPSA) is 79.8 Å². The Morgan fingerprint density at radius 3 is 2.42 bits per heavy atom. The number of anilines is 1. The number of hydrogen-bond acceptors (Lipinski definition) is 6. The van der Waals surface area contributed by atoms with Crippen molar-refractivity contribution in [2.75, 3.05) is 18.0 Å². The molecule has 0 spiro atoms. The molecule has 2 aliphatic rings. The minimum Gasteiger partial charge on any atom is -0.444 e. The summed E-state index contributed by atoms with van der Waals surface area (Å²) in [6.07, 6.45) is 2.06. The molecule has 2 bridgehead atoms. The third-order valence-corrected chi connectivity index (χ3v) is 7.94. The second kappa shape index (κ2) is 7.73. The van der Waals surface area contributed by atoms with E-state index >= 15 is 0 Å². The summed E-state index contributed by atoms with van der Waals surface area (Å²) >= 11 is 0. The van der Waals surface area contributed by atoms with Gasteiger partial charge in [-0.2, -0.15) is 0 Å². The van der Waals surface area contributed by atoms with Crippen LogP contribution in [0.4, 0.5) is 10.5 Å². The standard InChI is InChI=1S/C25H27N3O4S/c1-25(2,3)32-24(29)28-16-18-13-19(28)15-27(18)22-11-7-8-17-12-21(14-26-23(17)22)33(30,31)20-9-5-4-6-10-20/h4-12,14,18-19H,13,15-16H2,1-3H3/t18-,19-/m0/s1. The summed E-state index contributed by atoms with van der Waals surface area (Å²) in [7, 11) is -3.64. The molecule has 2 saturated heterocycles. The van der Waals surface area contributed by atoms with Crippen LogP contribution in [0, 0.1) is 0 Å². The average molecular weight is 466 g/mol. The van der Waals surface area contributed by atoms with Crippen molar-refractivity contribution < 1.29 is 17.9 Å². The molecule has 2 atom stereocenters. The molecule has 2 fully saturated rings. The second-order valence-electron chi connectivity index (χ2n) is 9.66. The van der Waals surface area contributed by atoms with Gasteiger partial charge >= 0.3 is 6.09 Å². The molecule has 2 aliphatic heterocycles. The van der Waals surface area contributed by atoms with Crippen LogP contribution in [0.5, 0.6) is 0 Å². The molecule has 5 rings (SSSR count). The number of sulfone groups is 1. The molecule has 7 nitrogen and oxygen atoms in total. The lowest BCUT2D eigenvalue weighted by Gasteiger charge is -2.36. The van der Waals surface area contributed by atoms with E-state index < -0.39 is 15.4 Å². The van der Waals surface area contributed by atoms with Crippen LogP contribution in [-0.2, 0) is 14.6 Å². The number of carbonyl (C=O) groups is 1. The number of pyridine rings is 1. The first-order valence-corrected chi connectivity index (χ1v) is 12.6. The van der Waals surface area contributed by atoms with Crippen LogP contribution < -0.4 is 4.90 Å². The summed E-state index contributed by atoms with van der Waals surface area (Å²) in [4.78, 5) is 21.7. The maximum atomic E-state index is 13.0. The Labute approximate surface area is 193 Å². The molecule has 172 valence electrons. The van der Waals surface area contributed by atoms with Crippen LogP contribution in [0.1, 0.15) is 27.2 Å². The highest BCUT2D eigenvalue weighted by atomic mass is 32.2. The van der Waals surface area contributed by atoms with Crippen LogP contribution in [0.15, 0.2) is 70.6 Å². The van der Waals surface area contributed by atoms with Crippen LogP contribution in [-0.4, -0.2) is 55.2 Å². The van der Waals surface area contributed by atoms with Gasteiger partial charge in [-0.05, 0) is 51.5 Å². The predicted molar refractivity (Wildman–Crippen MR) is 126 cm³/mol. The SMILES string of the molecule is CC(C)(C)OC(=O)N1C[C@@H]2C[C@H]1CN2c1cccc2cc(S(=O)(=O)c3ccccc3)cnc12. The fourth-order valence-corrected chi connectivity index (χ4v) is 6.01. The number of nitrogens with zero attached hydrogens (tertiary/aromatic N) is 3. The zero-order valence-electron chi connectivity index (χ0n) is 18.9. The first-order valence-electron chi connectivity index (χ1n) is 11.1. The summed E-state index contributed by atoms with van der Waals surface area (Å²) in [5.74, 6) is 0. The molecule has 33 heavy (non-hydrogen) atoms. The molecule has 3 aromatic rings. The van der Waals surface area contributed by atoms with Gasteiger partial charge in [0.2, 0.25) is 9.84 Å². The Bertz CT molecular complexity index is 1320. The molecule has 0 radical (unpaired) electrons. The normalized spacial score (nSPS) is 20.5. The molecule has 8 heteroatoms. The van der Waals surface area contributed by atoms with E-state index in [4.69, 9.17) is 4.74 Å². The summed E-state index contributed by atoms with van der Waals surface area (Å²) in [5, 5.41) is 0.774. The number of likely N-dealkylation sites (tertiary alicyclic amines) is 1. The van der Waals surface area contributed by atoms with Crippen LogP contribution in [0.2, 0.25) is 0 Å². The van der Waals surface area contributed by atoms with Gasteiger partial charge in [0.05, 0.1) is 27.0 Å². The Morgan fingerprint density at radius 1 is 1.00 bits per heavy atom. The van der Waals surface area contributed by atoms with Crippen molar-refractivity contribution in [3.63, 3.8) is 0 Å². The van der Waals surface area contributed by atoms with E-state index in [1.54, 1.807) is 36.4 Å². The number of hydrogen-bond donors (Lipinski definition) is 0. The number of carbonyl (C=O) groups excluding carboxylic acids is 1. The monoisotopic (exact) mass is 465 g/mol. The summed E-state index contributed by atoms with van der Waals surface area (Å²) < 4.78 is 31.6. The van der Waals surface area contributed by atoms with Crippen molar-refractivity contribution >= 4 is 32.5 Å². The quantitative estimate of drug-likeness (QED) is 0.575. The zero-order valence-corrected chi connectivity index (χ0v) is 19.7. The fraction of sp³-hybridized carbons (Fsp3) is 0.360. The van der Waals surface area contributed by atoms with Gasteiger partial charge in [-0.1, -0.05) is 30.3 Å². The minimum atomic E-state index is -3.64. The minimum absolute atomic E-state index is 0.0952. The Hall–Kier alpha value is -3.13. The fourth-order valence-electron chi connectivity index (χ4n) is 4.75. The summed E-state index contributed by atoms with van der Waals surface area (Å²) in [6.45, 7) is 6.93. The van der Waals surface area contributed by atoms with Gasteiger partial charge in [0.15, 0.2) is 0 Å². The lowest BCUT2D eigenvalue weighted by atomic mass is 10.1. The molecule has 1 amide bonds. The molecule has 3 heterocycles. The largest absolute Gasteiger partial charge is 0.444 e. The zero-order chi connectivity index (χ0) is 23.4. The van der Waals surface area contributed by atoms with Crippen molar-refractivity contribution in [1.29, 1.82) is 0 Å². The van der Waals surface area contributed by atoms with E-state index in [0.717, 1.165) is 23.0 Å². The Kier molecular flexibility index (Phi) is 5.08. The van der Waals surface area contributed by atoms with Gasteiger partial charge in [-0.3, -0.25) is 4.98 Å². The van der Waals surface area contributed by atoms with Gasteiger partial charge in [0.1, 0.15) is 5.60 Å². The first-order chi connectivity index (χ1) is 15.6. The summed E-state index contributed by atoms with van der Waals surface area (Å²) in [6, 6.07) is 16.2. The maximum absolute atomic E-state index is 13.0. The molecule has 0 saturated carbocycles. The number of piperazine rings is 1. The van der Waals surface area contributed by atoms with Crippen molar-refractivity contribution in [2.45, 2.75) is 54.7 Å². The number of rotatable bonds is 3. The number of benzene rings is 2. The van der Waals surface area contributed by atoms with Crippen molar-refractivity contribution in [3.05, 3.63) is 60.8 Å². The van der Waals surface area contributed by atoms with E-state index in [1.807, 2.05) is 43.9 Å². The van der Waals surface area contributed by atoms with Crippen molar-refractivity contribution in [1.82, 2.24) is 9.88 Å². The van der Waals surface area contributed by atoms with Gasteiger partial charge < -0.3 is 14.5 Å². The second-order valence-corrected chi connectivity index (χ2v) is 11.6. The third kappa shape index (κ3) is 3.93. The number of ether oxygens (including phenoxy) is 1. The number of para-hydroxylation sites is 1. The van der Waals surface area contributed by atoms with E-state index in [-0.39, 0.29) is 28.0 Å². The van der Waals surface area contributed by atoms with E-state index in [0.29, 0.717) is 13.1 Å². The highest BCUT2D eigenvalue weighted by Crippen LogP contribution is 2.38. The smallest absolute Gasteiger partial charge is 0.410 e. The number of fused-ring (bicyclic) bond motifs is 3. The maximum Gasteiger partial charge on any atom is 0.410 e. The van der Waals surface area contributed by atoms with Crippen LogP contribution in [0.25, 0.3) is 10.9 Å². The predicted octanol–water partition coefficient (Wildman–Crippen LogP) is 4.27. The van der Waals surface area contributed by atoms with Gasteiger partial charge in [-0.15, -0.1) is 0 Å². The van der Waals surface area contributed by atoms with E-state index in [9.17, 15) is 13.2 Å². The van der Waals surface area contributed by atoms with Gasteiger partial charge in [0.25, 0.3) is 0 Å². The Balaban J connectivity index is 1.42. The van der Waals surface area contributed by atoms with Crippen LogP contribution >= 0.6 is 0 Å². The summed E-state index contributed by atoms with van der Waals surface area (Å²) in [5.41, 5.74) is 1.21. The molecular formula is C25H27N3O4S. The number of aromatic nitrogens is 1. The van der Waals surface area contributed by atoms with E-state index in [2.05, 4.69) is 9.88 Å². The van der Waals surface area contributed by atoms with Crippen molar-refractivity contribution in [2.24, 2.45) is 0 Å². The number of amides is 1. The average Bonchev–Trinajstić information content (AvgIpc) is 3.39. The highest BCUT2D eigenvalue weighted by Gasteiger charge is 2.47.